The number of hydrogen-bond acceptors (Lipinski definition) is 18. The first-order valence-corrected chi connectivity index (χ1v) is 36.2. The number of hydrogen-bond donors (Lipinski definition) is 7. The smallest absolute Gasteiger partial charge is 0.406 e. The van der Waals surface area contributed by atoms with Crippen LogP contribution in [-0.2, 0) is 67.0 Å². The fourth-order valence-corrected chi connectivity index (χ4v) is 16.0. The molecule has 0 radical (unpaired) electrons. The van der Waals surface area contributed by atoms with Gasteiger partial charge in [0.15, 0.2) is 10.1 Å². The lowest BCUT2D eigenvalue weighted by Crippen LogP contribution is -2.48. The number of anilines is 4. The highest BCUT2D eigenvalue weighted by Gasteiger charge is 2.55. The Balaban J connectivity index is 0.000000219. The van der Waals surface area contributed by atoms with Crippen molar-refractivity contribution in [2.24, 2.45) is 0 Å². The second-order valence-corrected chi connectivity index (χ2v) is 29.9. The number of aliphatic hydroxyl groups excluding tert-OH is 3. The lowest BCUT2D eigenvalue weighted by Gasteiger charge is -2.29. The van der Waals surface area contributed by atoms with E-state index in [0.29, 0.717) is 30.6 Å². The summed E-state index contributed by atoms with van der Waals surface area (Å²) in [5, 5.41) is 37.0. The Morgan fingerprint density at radius 1 is 0.598 bits per heavy atom. The van der Waals surface area contributed by atoms with Crippen LogP contribution in [0.2, 0.25) is 20.1 Å². The summed E-state index contributed by atoms with van der Waals surface area (Å²) in [5.41, 5.74) is -1.96. The monoisotopic (exact) mass is 1590 g/mol. The predicted molar refractivity (Wildman–Crippen MR) is 367 cm³/mol. The van der Waals surface area contributed by atoms with Crippen LogP contribution in [0.3, 0.4) is 0 Å². The molecule has 2 aromatic heterocycles. The average molecular weight is 1600 g/mol. The summed E-state index contributed by atoms with van der Waals surface area (Å²) in [6.45, 7) is 5.28. The van der Waals surface area contributed by atoms with Crippen molar-refractivity contribution in [3.8, 4) is 11.5 Å². The maximum Gasteiger partial charge on any atom is 0.573 e. The van der Waals surface area contributed by atoms with Gasteiger partial charge in [-0.2, -0.15) is 4.31 Å². The number of halogens is 12. The predicted octanol–water partition coefficient (Wildman–Crippen LogP) is 8.10. The Bertz CT molecular complexity index is 4180. The number of likely N-dealkylation sites (tertiary alicyclic amines) is 1. The van der Waals surface area contributed by atoms with E-state index >= 15 is 0 Å². The largest absolute Gasteiger partial charge is 0.573 e. The maximum atomic E-state index is 14.2. The number of sulfonamides is 1. The fourth-order valence-electron chi connectivity index (χ4n) is 12.1. The van der Waals surface area contributed by atoms with E-state index in [2.05, 4.69) is 40.7 Å². The Kier molecular flexibility index (Phi) is 27.9. The number of rotatable bonds is 20. The zero-order valence-corrected chi connectivity index (χ0v) is 60.5. The molecule has 5 aliphatic heterocycles. The van der Waals surface area contributed by atoms with E-state index in [1.54, 1.807) is 0 Å². The summed E-state index contributed by atoms with van der Waals surface area (Å²) in [7, 11) is -1.21. The number of ether oxygens (including phenoxy) is 2. The molecule has 0 bridgehead atoms. The number of likely N-dealkylation sites (N-methyl/N-ethyl adjacent to an activating group) is 1. The molecule has 3 saturated heterocycles. The Morgan fingerprint density at radius 2 is 0.990 bits per heavy atom. The minimum atomic E-state index is -4.90. The van der Waals surface area contributed by atoms with Crippen molar-refractivity contribution in [1.82, 2.24) is 49.6 Å². The first-order chi connectivity index (χ1) is 47.4. The van der Waals surface area contributed by atoms with E-state index in [1.165, 1.54) is 88.5 Å². The molecule has 5 aliphatic rings. The summed E-state index contributed by atoms with van der Waals surface area (Å²) in [5.74, 6) is -2.71. The molecule has 102 heavy (non-hydrogen) atoms. The molecule has 11 rings (SSSR count). The van der Waals surface area contributed by atoms with Gasteiger partial charge in [0.25, 0.3) is 30.9 Å². The molecule has 3 fully saturated rings. The second-order valence-electron chi connectivity index (χ2n) is 23.8. The number of carbonyl (C=O) groups excluding carboxylic acids is 5. The van der Waals surface area contributed by atoms with E-state index in [1.807, 2.05) is 11.9 Å². The molecular weight excluding hydrogens is 1530 g/mol. The zero-order chi connectivity index (χ0) is 74.2. The van der Waals surface area contributed by atoms with Gasteiger partial charge in [-0.15, -0.1) is 38.7 Å². The zero-order valence-electron chi connectivity index (χ0n) is 54.3. The number of alkyl halides is 6. The van der Waals surface area contributed by atoms with Crippen molar-refractivity contribution < 1.29 is 91.9 Å². The number of carbonyl (C=O) groups is 5. The fraction of sp³-hybridized carbons (Fsp3) is 0.435. The average Bonchev–Trinajstić information content (AvgIpc) is 1.55. The van der Waals surface area contributed by atoms with Crippen LogP contribution in [0, 0.1) is 0 Å². The molecule has 26 nitrogen and oxygen atoms in total. The van der Waals surface area contributed by atoms with E-state index in [-0.39, 0.29) is 137 Å². The molecule has 0 aliphatic carbocycles. The molecule has 0 spiro atoms. The van der Waals surface area contributed by atoms with Gasteiger partial charge in [0, 0.05) is 69.8 Å². The van der Waals surface area contributed by atoms with E-state index in [4.69, 9.17) is 72.4 Å². The summed E-state index contributed by atoms with van der Waals surface area (Å²) < 4.78 is 140. The lowest BCUT2D eigenvalue weighted by molar-refractivity contribution is -0.275. The number of imidazole rings is 2. The molecule has 5 amide bonds. The molecule has 40 heteroatoms. The number of aromatic nitrogens is 4. The summed E-state index contributed by atoms with van der Waals surface area (Å²) in [6.07, 6.45) is -3.26. The molecular formula is C62H70Cl6F6N12O14S2. The Hall–Kier alpha value is -6.77. The number of fused-ring (bicyclic) bond motifs is 2. The number of benzene rings is 4. The maximum absolute atomic E-state index is 14.2. The van der Waals surface area contributed by atoms with Crippen LogP contribution in [0.25, 0.3) is 0 Å². The molecule has 558 valence electrons. The van der Waals surface area contributed by atoms with Gasteiger partial charge in [-0.1, -0.05) is 70.7 Å². The first kappa shape index (κ1) is 82.5. The van der Waals surface area contributed by atoms with Crippen LogP contribution in [0.1, 0.15) is 63.5 Å². The normalized spacial score (nSPS) is 20.4. The van der Waals surface area contributed by atoms with Crippen LogP contribution >= 0.6 is 69.5 Å². The minimum absolute atomic E-state index is 0. The Morgan fingerprint density at radius 3 is 1.37 bits per heavy atom. The number of nitrogens with zero attached hydrogens (tertiary/aromatic N) is 8. The van der Waals surface area contributed by atoms with Gasteiger partial charge in [0.2, 0.25) is 29.6 Å². The van der Waals surface area contributed by atoms with Crippen molar-refractivity contribution in [3.05, 3.63) is 129 Å². The van der Waals surface area contributed by atoms with Crippen molar-refractivity contribution in [2.45, 2.75) is 117 Å². The molecule has 6 aromatic rings. The SMILES string of the molecule is CN1CCC[C@H]1C(=O)NCCO.C[C@@]1(Cc2ccc(OC(F)(F)F)cc2)C(=O)N(c2cc(Cl)cc(Cl)c2)c2ncc(S(=O)(=O)Cl)n21.C[C@@]1(Cc2ccc(OC(F)(F)F)cc2)C(=O)N(c2cc(Cl)cc(Cl)c2)c2ncc(S(=O)(=O)N3CCC[C@H]3C(=O)NCCO)n21.Cl.O=C(NCCO)[C@@H]1CCCN1. The molecule has 7 N–H and O–H groups in total. The third-order valence-corrected chi connectivity index (χ3v) is 20.5. The van der Waals surface area contributed by atoms with Gasteiger partial charge >= 0.3 is 12.7 Å². The van der Waals surface area contributed by atoms with Crippen molar-refractivity contribution >= 4 is 141 Å². The van der Waals surface area contributed by atoms with Gasteiger partial charge in [0.1, 0.15) is 28.6 Å². The number of amides is 5. The quantitative estimate of drug-likeness (QED) is 0.0280. The third-order valence-electron chi connectivity index (χ3n) is 16.5. The van der Waals surface area contributed by atoms with Crippen LogP contribution in [-0.4, -0.2) is 187 Å². The highest BCUT2D eigenvalue weighted by molar-refractivity contribution is 8.13. The highest BCUT2D eigenvalue weighted by atomic mass is 35.7. The summed E-state index contributed by atoms with van der Waals surface area (Å²) in [6, 6.07) is 17.4. The first-order valence-electron chi connectivity index (χ1n) is 31.0. The van der Waals surface area contributed by atoms with Crippen LogP contribution in [0.4, 0.5) is 49.6 Å². The van der Waals surface area contributed by atoms with E-state index < -0.39 is 83.2 Å². The summed E-state index contributed by atoms with van der Waals surface area (Å²) in [4.78, 5) is 75.9. The van der Waals surface area contributed by atoms with Gasteiger partial charge in [0.05, 0.1) is 55.7 Å². The van der Waals surface area contributed by atoms with Crippen LogP contribution in [0.5, 0.6) is 11.5 Å². The third kappa shape index (κ3) is 19.8. The standard InChI is InChI=1S/C27H26Cl2F3N5O6S.C20H13Cl3F3N3O4S.C8H16N2O2.C7H14N2O2.ClH/c1-26(14-16-4-6-20(7-5-16)43-27(30,31)32)24(40)36(19-12-17(28)11-18(29)13-19)25-34-15-22(37(25)26)44(41,42)35-9-2-3-21(35)23(39)33-8-10-38;1-19(9-11-2-4-15(5-3-11)33-20(24,25)26)17(30)28(14-7-12(21)6-13(22)8-14)18-27-10-16(29(18)19)34(23,31)32;1-10-5-2-3-7(10)8(12)9-4-6-11;10-5-4-9-7(11)6-2-1-3-8-6;/h4-7,11-13,15,21,38H,2-3,8-10,14H2,1H3,(H,33,39);2-8,10H,9H2,1H3;7,11H,2-6H2,1H3,(H,9,12);6,8,10H,1-5H2,(H,9,11);1H/t21-,26+;19-;7-;6-;/m0100./s1. The molecule has 0 saturated carbocycles. The molecule has 0 unspecified atom stereocenters. The minimum Gasteiger partial charge on any atom is -0.406 e. The lowest BCUT2D eigenvalue weighted by atomic mass is 9.92. The van der Waals surface area contributed by atoms with E-state index in [0.717, 1.165) is 84.6 Å². The van der Waals surface area contributed by atoms with Crippen LogP contribution < -0.4 is 40.5 Å². The second kappa shape index (κ2) is 34.4. The molecule has 5 atom stereocenters. The van der Waals surface area contributed by atoms with Crippen LogP contribution in [0.15, 0.2) is 107 Å². The van der Waals surface area contributed by atoms with Gasteiger partial charge in [-0.25, -0.2) is 36.6 Å². The molecule has 4 aromatic carbocycles. The van der Waals surface area contributed by atoms with Gasteiger partial charge in [-0.3, -0.25) is 38.0 Å². The number of nitrogens with one attached hydrogen (secondary N) is 4. The number of aliphatic hydroxyl groups is 3. The molecule has 7 heterocycles. The van der Waals surface area contributed by atoms with Crippen molar-refractivity contribution in [3.63, 3.8) is 0 Å². The van der Waals surface area contributed by atoms with Gasteiger partial charge < -0.3 is 46.1 Å². The van der Waals surface area contributed by atoms with Crippen molar-refractivity contribution in [1.29, 1.82) is 0 Å². The van der Waals surface area contributed by atoms with E-state index in [9.17, 15) is 67.2 Å². The van der Waals surface area contributed by atoms with Crippen molar-refractivity contribution in [2.75, 3.05) is 75.9 Å². The highest BCUT2D eigenvalue weighted by Crippen LogP contribution is 2.48. The Labute approximate surface area is 612 Å². The summed E-state index contributed by atoms with van der Waals surface area (Å²) >= 11 is 24.6. The van der Waals surface area contributed by atoms with Gasteiger partial charge in [-0.05, 0) is 144 Å². The topological polar surface area (TPSA) is 329 Å².